The number of ether oxygens (including phenoxy) is 1. The van der Waals surface area contributed by atoms with Crippen molar-refractivity contribution >= 4 is 18.4 Å². The highest BCUT2D eigenvalue weighted by molar-refractivity contribution is 5.78. The molecule has 2 aliphatic rings. The van der Waals surface area contributed by atoms with Crippen LogP contribution in [0.2, 0.25) is 0 Å². The highest BCUT2D eigenvalue weighted by Gasteiger charge is 2.18. The summed E-state index contributed by atoms with van der Waals surface area (Å²) in [7, 11) is 1.78. The number of rotatable bonds is 12. The summed E-state index contributed by atoms with van der Waals surface area (Å²) in [6.07, 6.45) is 5.66. The van der Waals surface area contributed by atoms with Gasteiger partial charge in [-0.2, -0.15) is 0 Å². The highest BCUT2D eigenvalue weighted by Crippen LogP contribution is 2.22. The van der Waals surface area contributed by atoms with Crippen molar-refractivity contribution in [3.05, 3.63) is 76.6 Å². The van der Waals surface area contributed by atoms with Crippen molar-refractivity contribution in [3.63, 3.8) is 0 Å². The van der Waals surface area contributed by atoms with Crippen molar-refractivity contribution in [2.45, 2.75) is 25.9 Å². The molecule has 0 aliphatic carbocycles. The van der Waals surface area contributed by atoms with Gasteiger partial charge in [-0.15, -0.1) is 0 Å². The molecule has 8 nitrogen and oxygen atoms in total. The second-order valence-corrected chi connectivity index (χ2v) is 9.42. The van der Waals surface area contributed by atoms with Crippen molar-refractivity contribution in [3.8, 4) is 0 Å². The average Bonchev–Trinajstić information content (AvgIpc) is 2.91. The Balaban J connectivity index is 1.24. The Morgan fingerprint density at radius 2 is 1.83 bits per heavy atom. The lowest BCUT2D eigenvalue weighted by atomic mass is 10.1. The predicted molar refractivity (Wildman–Crippen MR) is 142 cm³/mol. The monoisotopic (exact) mass is 491 g/mol. The van der Waals surface area contributed by atoms with Gasteiger partial charge in [0.2, 0.25) is 6.41 Å². The van der Waals surface area contributed by atoms with Gasteiger partial charge in [0.1, 0.15) is 12.0 Å². The largest absolute Gasteiger partial charge is 0.497 e. The summed E-state index contributed by atoms with van der Waals surface area (Å²) in [5.74, 6) is 1.06. The Bertz CT molecular complexity index is 1030. The summed E-state index contributed by atoms with van der Waals surface area (Å²) in [5.41, 5.74) is 7.90. The molecule has 0 spiro atoms. The Hall–Kier alpha value is -3.20. The van der Waals surface area contributed by atoms with Gasteiger partial charge in [-0.1, -0.05) is 24.3 Å². The number of carbonyl (C=O) groups excluding carboxylic acids is 2. The molecule has 0 bridgehead atoms. The fraction of sp³-hybridized carbons (Fsp3) is 0.429. The highest BCUT2D eigenvalue weighted by atomic mass is 16.5. The molecule has 0 saturated carbocycles. The maximum Gasteiger partial charge on any atom is 0.221 e. The molecule has 1 amide bonds. The molecular weight excluding hydrogens is 454 g/mol. The summed E-state index contributed by atoms with van der Waals surface area (Å²) in [5, 5.41) is 5.00. The van der Waals surface area contributed by atoms with Crippen LogP contribution in [0.4, 0.5) is 5.69 Å². The van der Waals surface area contributed by atoms with Gasteiger partial charge < -0.3 is 15.0 Å². The number of hydrogen-bond donors (Lipinski definition) is 2. The van der Waals surface area contributed by atoms with Gasteiger partial charge in [-0.3, -0.25) is 19.9 Å². The lowest BCUT2D eigenvalue weighted by Crippen LogP contribution is -2.46. The molecule has 0 atom stereocenters. The summed E-state index contributed by atoms with van der Waals surface area (Å²) < 4.78 is 5.88. The van der Waals surface area contributed by atoms with Gasteiger partial charge in [0.25, 0.3) is 0 Å². The minimum atomic E-state index is 0.470. The molecule has 2 aromatic carbocycles. The molecule has 36 heavy (non-hydrogen) atoms. The van der Waals surface area contributed by atoms with E-state index in [0.717, 1.165) is 82.0 Å². The van der Waals surface area contributed by atoms with Gasteiger partial charge in [-0.05, 0) is 53.9 Å². The van der Waals surface area contributed by atoms with Crippen molar-refractivity contribution in [1.29, 1.82) is 0 Å². The zero-order valence-electron chi connectivity index (χ0n) is 21.1. The molecule has 0 radical (unpaired) electrons. The number of hydrazine groups is 1. The number of nitrogens with zero attached hydrogens (tertiary/aromatic N) is 3. The van der Waals surface area contributed by atoms with Crippen LogP contribution >= 0.6 is 0 Å². The fourth-order valence-corrected chi connectivity index (χ4v) is 4.69. The minimum Gasteiger partial charge on any atom is -0.497 e. The van der Waals surface area contributed by atoms with E-state index in [1.807, 2.05) is 12.1 Å². The Morgan fingerprint density at radius 3 is 2.53 bits per heavy atom. The lowest BCUT2D eigenvalue weighted by Gasteiger charge is -2.36. The number of benzene rings is 2. The molecule has 4 rings (SSSR count). The molecule has 0 unspecified atom stereocenters. The summed E-state index contributed by atoms with van der Waals surface area (Å²) in [6, 6.07) is 14.8. The van der Waals surface area contributed by atoms with E-state index < -0.39 is 0 Å². The van der Waals surface area contributed by atoms with Crippen LogP contribution in [-0.2, 0) is 29.0 Å². The van der Waals surface area contributed by atoms with E-state index in [4.69, 9.17) is 4.74 Å². The smallest absolute Gasteiger partial charge is 0.221 e. The number of anilines is 1. The Kier molecular flexibility index (Phi) is 9.49. The first kappa shape index (κ1) is 25.9. The fourth-order valence-electron chi connectivity index (χ4n) is 4.69. The summed E-state index contributed by atoms with van der Waals surface area (Å²) >= 11 is 0. The molecule has 2 aliphatic heterocycles. The molecule has 2 aromatic rings. The van der Waals surface area contributed by atoms with Gasteiger partial charge in [0.05, 0.1) is 13.2 Å². The lowest BCUT2D eigenvalue weighted by molar-refractivity contribution is -0.113. The molecular formula is C28H37N5O3. The molecule has 1 fully saturated rings. The standard InChI is InChI=1S/C28H37N5O3/c1-31(30-22-35)20-26-17-27(9-8-25(26)21-34)33-14-12-32(13-15-33)19-24-6-4-23(5-7-24)10-16-36-28-3-2-11-29-18-28/h3-9,17,21-22,29H,2,10-16,18-20H2,1H3,(H,30,35). The Morgan fingerprint density at radius 1 is 1.06 bits per heavy atom. The van der Waals surface area contributed by atoms with E-state index in [1.165, 1.54) is 11.1 Å². The van der Waals surface area contributed by atoms with E-state index in [0.29, 0.717) is 25.1 Å². The van der Waals surface area contributed by atoms with Crippen molar-refractivity contribution < 1.29 is 14.3 Å². The van der Waals surface area contributed by atoms with Gasteiger partial charge in [-0.25, -0.2) is 5.01 Å². The number of aldehydes is 1. The third-order valence-corrected chi connectivity index (χ3v) is 6.77. The number of nitrogens with one attached hydrogen (secondary N) is 2. The SMILES string of the molecule is CN(Cc1cc(N2CCN(Cc3ccc(CCOC4=CCCNC4)cc3)CC2)ccc1C=O)NC=O. The van der Waals surface area contributed by atoms with Crippen molar-refractivity contribution in [2.75, 3.05) is 57.8 Å². The van der Waals surface area contributed by atoms with Gasteiger partial charge in [0.15, 0.2) is 0 Å². The maximum atomic E-state index is 11.5. The second kappa shape index (κ2) is 13.2. The number of hydrogen-bond acceptors (Lipinski definition) is 7. The molecule has 192 valence electrons. The number of amides is 1. The zero-order chi connectivity index (χ0) is 25.2. The third-order valence-electron chi connectivity index (χ3n) is 6.77. The van der Waals surface area contributed by atoms with Crippen LogP contribution in [0.25, 0.3) is 0 Å². The first-order chi connectivity index (χ1) is 17.6. The van der Waals surface area contributed by atoms with Crippen LogP contribution in [0.5, 0.6) is 0 Å². The second-order valence-electron chi connectivity index (χ2n) is 9.42. The van der Waals surface area contributed by atoms with Crippen molar-refractivity contribution in [1.82, 2.24) is 20.7 Å². The predicted octanol–water partition coefficient (Wildman–Crippen LogP) is 2.35. The summed E-state index contributed by atoms with van der Waals surface area (Å²) in [4.78, 5) is 27.0. The average molecular weight is 492 g/mol. The van der Waals surface area contributed by atoms with Crippen LogP contribution in [0, 0.1) is 0 Å². The maximum absolute atomic E-state index is 11.5. The molecule has 0 aromatic heterocycles. The first-order valence-electron chi connectivity index (χ1n) is 12.7. The van der Waals surface area contributed by atoms with Crippen LogP contribution < -0.4 is 15.6 Å². The first-order valence-corrected chi connectivity index (χ1v) is 12.7. The minimum absolute atomic E-state index is 0.470. The van der Waals surface area contributed by atoms with E-state index in [-0.39, 0.29) is 0 Å². The normalized spacial score (nSPS) is 16.5. The molecule has 8 heteroatoms. The molecule has 2 N–H and O–H groups in total. The zero-order valence-corrected chi connectivity index (χ0v) is 21.1. The summed E-state index contributed by atoms with van der Waals surface area (Å²) in [6.45, 7) is 7.84. The van der Waals surface area contributed by atoms with Crippen LogP contribution in [-0.4, -0.2) is 75.5 Å². The Labute approximate surface area is 213 Å². The number of carbonyl (C=O) groups is 2. The van der Waals surface area contributed by atoms with E-state index >= 15 is 0 Å². The van der Waals surface area contributed by atoms with E-state index in [1.54, 1.807) is 12.1 Å². The topological polar surface area (TPSA) is 77.2 Å². The van der Waals surface area contributed by atoms with Crippen LogP contribution in [0.1, 0.15) is 33.5 Å². The van der Waals surface area contributed by atoms with Crippen molar-refractivity contribution in [2.24, 2.45) is 0 Å². The molecule has 1 saturated heterocycles. The van der Waals surface area contributed by atoms with Gasteiger partial charge in [0, 0.05) is 64.0 Å². The van der Waals surface area contributed by atoms with Crippen LogP contribution in [0.15, 0.2) is 54.3 Å². The number of piperazine rings is 1. The third kappa shape index (κ3) is 7.40. The van der Waals surface area contributed by atoms with E-state index in [9.17, 15) is 9.59 Å². The molecule has 2 heterocycles. The quantitative estimate of drug-likeness (QED) is 0.349. The van der Waals surface area contributed by atoms with Crippen LogP contribution in [0.3, 0.4) is 0 Å². The van der Waals surface area contributed by atoms with E-state index in [2.05, 4.69) is 57.0 Å². The van der Waals surface area contributed by atoms with Gasteiger partial charge >= 0.3 is 0 Å².